The zero-order valence-corrected chi connectivity index (χ0v) is 17.4. The number of hydrogen-bond acceptors (Lipinski definition) is 4. The summed E-state index contributed by atoms with van der Waals surface area (Å²) in [5, 5.41) is -0.276. The SMILES string of the molecule is C[C@@H]1S[C@@]2(C(=O)N(CN3CCCCC3)c3ccccc32)N(c2ccccc2)C1=O. The Morgan fingerprint density at radius 3 is 2.41 bits per heavy atom. The number of carbonyl (C=O) groups is 2. The molecule has 3 heterocycles. The lowest BCUT2D eigenvalue weighted by Crippen LogP contribution is -2.52. The molecule has 0 saturated carbocycles. The van der Waals surface area contributed by atoms with Crippen LogP contribution in [0.25, 0.3) is 0 Å². The molecule has 0 unspecified atom stereocenters. The maximum Gasteiger partial charge on any atom is 0.269 e. The first-order valence-electron chi connectivity index (χ1n) is 10.3. The molecule has 0 bridgehead atoms. The van der Waals surface area contributed by atoms with E-state index in [0.717, 1.165) is 30.0 Å². The molecule has 6 heteroatoms. The summed E-state index contributed by atoms with van der Waals surface area (Å²) in [6.07, 6.45) is 3.61. The number of rotatable bonds is 3. The van der Waals surface area contributed by atoms with Crippen molar-refractivity contribution in [1.29, 1.82) is 0 Å². The van der Waals surface area contributed by atoms with Gasteiger partial charge in [-0.15, -0.1) is 11.8 Å². The van der Waals surface area contributed by atoms with E-state index in [1.807, 2.05) is 66.4 Å². The second-order valence-corrected chi connectivity index (χ2v) is 9.52. The van der Waals surface area contributed by atoms with Crippen molar-refractivity contribution in [3.05, 3.63) is 60.2 Å². The summed E-state index contributed by atoms with van der Waals surface area (Å²) in [5.41, 5.74) is 2.63. The lowest BCUT2D eigenvalue weighted by Gasteiger charge is -2.35. The average Bonchev–Trinajstić information content (AvgIpc) is 3.16. The quantitative estimate of drug-likeness (QED) is 0.776. The Hall–Kier alpha value is -2.31. The van der Waals surface area contributed by atoms with Gasteiger partial charge in [-0.2, -0.15) is 0 Å². The molecule has 150 valence electrons. The molecule has 1 spiro atoms. The summed E-state index contributed by atoms with van der Waals surface area (Å²) >= 11 is 1.47. The fourth-order valence-electron chi connectivity index (χ4n) is 4.76. The van der Waals surface area contributed by atoms with Gasteiger partial charge in [-0.3, -0.25) is 24.3 Å². The fraction of sp³-hybridized carbons (Fsp3) is 0.391. The second kappa shape index (κ2) is 7.18. The van der Waals surface area contributed by atoms with Crippen molar-refractivity contribution in [2.45, 2.75) is 36.3 Å². The molecule has 5 rings (SSSR count). The van der Waals surface area contributed by atoms with Crippen molar-refractivity contribution >= 4 is 35.0 Å². The third-order valence-electron chi connectivity index (χ3n) is 6.13. The fourth-order valence-corrected chi connectivity index (χ4v) is 6.29. The number of nitrogens with zero attached hydrogens (tertiary/aromatic N) is 3. The van der Waals surface area contributed by atoms with Crippen LogP contribution in [0.15, 0.2) is 54.6 Å². The van der Waals surface area contributed by atoms with Crippen LogP contribution in [0, 0.1) is 0 Å². The molecule has 3 aliphatic heterocycles. The molecule has 5 nitrogen and oxygen atoms in total. The van der Waals surface area contributed by atoms with E-state index in [9.17, 15) is 9.59 Å². The van der Waals surface area contributed by atoms with Gasteiger partial charge in [0, 0.05) is 11.3 Å². The van der Waals surface area contributed by atoms with Gasteiger partial charge in [-0.1, -0.05) is 42.8 Å². The van der Waals surface area contributed by atoms with E-state index in [-0.39, 0.29) is 17.1 Å². The zero-order chi connectivity index (χ0) is 20.0. The molecule has 2 fully saturated rings. The third-order valence-corrected chi connectivity index (χ3v) is 7.60. The molecule has 29 heavy (non-hydrogen) atoms. The first-order chi connectivity index (χ1) is 14.1. The number of hydrogen-bond donors (Lipinski definition) is 0. The molecule has 0 aromatic heterocycles. The van der Waals surface area contributed by atoms with Crippen molar-refractivity contribution in [3.8, 4) is 0 Å². The van der Waals surface area contributed by atoms with Crippen molar-refractivity contribution in [3.63, 3.8) is 0 Å². The van der Waals surface area contributed by atoms with E-state index in [0.29, 0.717) is 6.67 Å². The summed E-state index contributed by atoms with van der Waals surface area (Å²) in [6, 6.07) is 17.6. The Morgan fingerprint density at radius 2 is 1.66 bits per heavy atom. The summed E-state index contributed by atoms with van der Waals surface area (Å²) in [7, 11) is 0. The van der Waals surface area contributed by atoms with Gasteiger partial charge in [-0.25, -0.2) is 0 Å². The van der Waals surface area contributed by atoms with Crippen LogP contribution in [0.4, 0.5) is 11.4 Å². The van der Waals surface area contributed by atoms with E-state index in [1.165, 1.54) is 31.0 Å². The highest BCUT2D eigenvalue weighted by molar-refractivity contribution is 8.03. The molecular formula is C23H25N3O2S. The summed E-state index contributed by atoms with van der Waals surface area (Å²) in [5.74, 6) is -0.0139. The van der Waals surface area contributed by atoms with E-state index in [1.54, 1.807) is 4.90 Å². The Bertz CT molecular complexity index is 944. The van der Waals surface area contributed by atoms with Crippen molar-refractivity contribution in [2.24, 2.45) is 0 Å². The first kappa shape index (κ1) is 18.7. The third kappa shape index (κ3) is 2.81. The predicted octanol–water partition coefficient (Wildman–Crippen LogP) is 3.80. The van der Waals surface area contributed by atoms with Gasteiger partial charge >= 0.3 is 0 Å². The minimum Gasteiger partial charge on any atom is -0.295 e. The molecule has 0 N–H and O–H groups in total. The normalized spacial score (nSPS) is 27.1. The zero-order valence-electron chi connectivity index (χ0n) is 16.6. The number of fused-ring (bicyclic) bond motifs is 2. The van der Waals surface area contributed by atoms with Crippen LogP contribution in [0.1, 0.15) is 31.7 Å². The Morgan fingerprint density at radius 1 is 0.966 bits per heavy atom. The molecule has 2 amide bonds. The lowest BCUT2D eigenvalue weighted by molar-refractivity contribution is -0.124. The average molecular weight is 408 g/mol. The molecule has 2 aromatic rings. The van der Waals surface area contributed by atoms with Crippen LogP contribution in [0.3, 0.4) is 0 Å². The van der Waals surface area contributed by atoms with Crippen LogP contribution in [0.2, 0.25) is 0 Å². The minimum atomic E-state index is -1.02. The molecule has 3 aliphatic rings. The summed E-state index contributed by atoms with van der Waals surface area (Å²) < 4.78 is 0. The molecule has 0 aliphatic carbocycles. The maximum absolute atomic E-state index is 14.0. The van der Waals surface area contributed by atoms with Gasteiger partial charge in [0.05, 0.1) is 17.6 Å². The Balaban J connectivity index is 1.62. The molecule has 2 atom stereocenters. The van der Waals surface area contributed by atoms with Crippen molar-refractivity contribution in [1.82, 2.24) is 4.90 Å². The highest BCUT2D eigenvalue weighted by Crippen LogP contribution is 2.57. The largest absolute Gasteiger partial charge is 0.295 e. The molecular weight excluding hydrogens is 382 g/mol. The van der Waals surface area contributed by atoms with Gasteiger partial charge in [0.15, 0.2) is 0 Å². The van der Waals surface area contributed by atoms with Crippen LogP contribution in [-0.4, -0.2) is 41.7 Å². The topological polar surface area (TPSA) is 43.9 Å². The van der Waals surface area contributed by atoms with E-state index in [4.69, 9.17) is 0 Å². The Labute approximate surface area is 175 Å². The number of carbonyl (C=O) groups excluding carboxylic acids is 2. The number of amides is 2. The highest BCUT2D eigenvalue weighted by atomic mass is 32.2. The number of likely N-dealkylation sites (tertiary alicyclic amines) is 1. The number of para-hydroxylation sites is 2. The number of piperidine rings is 1. The molecule has 0 radical (unpaired) electrons. The van der Waals surface area contributed by atoms with Crippen molar-refractivity contribution < 1.29 is 9.59 Å². The second-order valence-electron chi connectivity index (χ2n) is 7.98. The first-order valence-corrected chi connectivity index (χ1v) is 11.2. The monoisotopic (exact) mass is 407 g/mol. The number of thioether (sulfide) groups is 1. The van der Waals surface area contributed by atoms with Gasteiger partial charge in [-0.05, 0) is 51.1 Å². The standard InChI is InChI=1S/C23H25N3O2S/c1-17-21(27)26(18-10-4-2-5-11-18)23(29-17)19-12-6-7-13-20(19)25(22(23)28)16-24-14-8-3-9-15-24/h2,4-7,10-13,17H,3,8-9,14-16H2,1H3/t17-,23-/m0/s1. The Kier molecular flexibility index (Phi) is 4.63. The summed E-state index contributed by atoms with van der Waals surface area (Å²) in [6.45, 7) is 4.53. The van der Waals surface area contributed by atoms with Gasteiger partial charge in [0.2, 0.25) is 10.8 Å². The van der Waals surface area contributed by atoms with Gasteiger partial charge < -0.3 is 0 Å². The van der Waals surface area contributed by atoms with E-state index in [2.05, 4.69) is 4.90 Å². The van der Waals surface area contributed by atoms with Crippen LogP contribution >= 0.6 is 11.8 Å². The molecule has 2 saturated heterocycles. The maximum atomic E-state index is 14.0. The predicted molar refractivity (Wildman–Crippen MR) is 117 cm³/mol. The summed E-state index contributed by atoms with van der Waals surface area (Å²) in [4.78, 5) is 32.2. The van der Waals surface area contributed by atoms with Crippen LogP contribution in [-0.2, 0) is 14.5 Å². The van der Waals surface area contributed by atoms with Crippen LogP contribution < -0.4 is 9.80 Å². The van der Waals surface area contributed by atoms with Crippen LogP contribution in [0.5, 0.6) is 0 Å². The highest BCUT2D eigenvalue weighted by Gasteiger charge is 2.63. The smallest absolute Gasteiger partial charge is 0.269 e. The lowest BCUT2D eigenvalue weighted by atomic mass is 10.0. The number of anilines is 2. The van der Waals surface area contributed by atoms with E-state index < -0.39 is 4.87 Å². The van der Waals surface area contributed by atoms with Crippen molar-refractivity contribution in [2.75, 3.05) is 29.6 Å². The molecule has 2 aromatic carbocycles. The minimum absolute atomic E-state index is 0.00386. The van der Waals surface area contributed by atoms with E-state index >= 15 is 0 Å². The van der Waals surface area contributed by atoms with Gasteiger partial charge in [0.25, 0.3) is 5.91 Å². The number of benzene rings is 2. The van der Waals surface area contributed by atoms with Gasteiger partial charge in [0.1, 0.15) is 0 Å².